The van der Waals surface area contributed by atoms with Gasteiger partial charge in [-0.2, -0.15) is 0 Å². The van der Waals surface area contributed by atoms with Crippen molar-refractivity contribution in [1.82, 2.24) is 0 Å². The van der Waals surface area contributed by atoms with Crippen molar-refractivity contribution in [3.8, 4) is 0 Å². The Morgan fingerprint density at radius 1 is 1.80 bits per heavy atom. The van der Waals surface area contributed by atoms with Gasteiger partial charge in [-0.15, -0.1) is 0 Å². The van der Waals surface area contributed by atoms with E-state index in [2.05, 4.69) is 0 Å². The standard InChI is InChI=1S/CH2O2.K.Na.2H/c2-1-3;;;;/h1H,(H,2,3);;;;/q;2*+1;2*-1. The maximum Gasteiger partial charge on any atom is 1.00 e. The predicted octanol–water partition coefficient (Wildman–Crippen LogP) is -6.07. The van der Waals surface area contributed by atoms with E-state index in [0.29, 0.717) is 0 Å². The van der Waals surface area contributed by atoms with Gasteiger partial charge in [-0.05, 0) is 0 Å². The third-order valence-electron chi connectivity index (χ3n) is 0. The normalized spacial score (nSPS) is 2.40. The second-order valence-corrected chi connectivity index (χ2v) is 0.105. The molecule has 0 spiro atoms. The first kappa shape index (κ1) is 15.7. The summed E-state index contributed by atoms with van der Waals surface area (Å²) < 4.78 is 0. The summed E-state index contributed by atoms with van der Waals surface area (Å²) >= 11 is 0. The Kier molecular flexibility index (Phi) is 51.9. The fourth-order valence-corrected chi connectivity index (χ4v) is 0. The minimum atomic E-state index is -0.250. The van der Waals surface area contributed by atoms with Crippen LogP contribution in [0.25, 0.3) is 0 Å². The molecule has 0 rings (SSSR count). The van der Waals surface area contributed by atoms with E-state index >= 15 is 0 Å². The number of hydrogen-bond donors (Lipinski definition) is 1. The molecule has 0 fully saturated rings. The van der Waals surface area contributed by atoms with Gasteiger partial charge in [-0.3, -0.25) is 4.79 Å². The van der Waals surface area contributed by atoms with Gasteiger partial charge in [0.05, 0.1) is 0 Å². The Morgan fingerprint density at radius 2 is 1.80 bits per heavy atom. The van der Waals surface area contributed by atoms with E-state index in [-0.39, 0.29) is 90.3 Å². The van der Waals surface area contributed by atoms with E-state index in [0.717, 1.165) is 0 Å². The van der Waals surface area contributed by atoms with Crippen LogP contribution in [-0.4, -0.2) is 11.6 Å². The fraction of sp³-hybridized carbons (Fsp3) is 0. The molecule has 2 nitrogen and oxygen atoms in total. The second kappa shape index (κ2) is 16.5. The Balaban J connectivity index is -0.00000000333. The number of hydrogen-bond acceptors (Lipinski definition) is 1. The molecular formula is CH4KNaO2. The minimum Gasteiger partial charge on any atom is -1.00 e. The summed E-state index contributed by atoms with van der Waals surface area (Å²) in [4.78, 5) is 8.36. The molecule has 0 heterocycles. The van der Waals surface area contributed by atoms with Crippen LogP contribution in [0.15, 0.2) is 0 Å². The van der Waals surface area contributed by atoms with Gasteiger partial charge in [0, 0.05) is 0 Å². The largest absolute Gasteiger partial charge is 1.00 e. The van der Waals surface area contributed by atoms with Gasteiger partial charge >= 0.3 is 80.9 Å². The predicted molar refractivity (Wildman–Crippen MR) is 10.9 cm³/mol. The summed E-state index contributed by atoms with van der Waals surface area (Å²) in [6.45, 7) is -0.250. The van der Waals surface area contributed by atoms with Crippen molar-refractivity contribution in [2.45, 2.75) is 0 Å². The van der Waals surface area contributed by atoms with Gasteiger partial charge in [0.15, 0.2) is 0 Å². The van der Waals surface area contributed by atoms with E-state index in [1.54, 1.807) is 0 Å². The topological polar surface area (TPSA) is 37.3 Å². The Bertz CT molecular complexity index is 23.2. The van der Waals surface area contributed by atoms with Crippen molar-refractivity contribution in [2.24, 2.45) is 0 Å². The molecule has 1 N–H and O–H groups in total. The molecule has 0 radical (unpaired) electrons. The van der Waals surface area contributed by atoms with Gasteiger partial charge in [0.25, 0.3) is 6.47 Å². The smallest absolute Gasteiger partial charge is 1.00 e. The maximum atomic E-state index is 8.36. The molecule has 4 heteroatoms. The maximum absolute atomic E-state index is 8.36. The van der Waals surface area contributed by atoms with Crippen molar-refractivity contribution in [3.05, 3.63) is 0 Å². The minimum absolute atomic E-state index is 0. The van der Waals surface area contributed by atoms with E-state index in [9.17, 15) is 0 Å². The van der Waals surface area contributed by atoms with E-state index in [4.69, 9.17) is 9.90 Å². The van der Waals surface area contributed by atoms with E-state index in [1.807, 2.05) is 0 Å². The zero-order chi connectivity index (χ0) is 2.71. The Morgan fingerprint density at radius 3 is 1.80 bits per heavy atom. The molecular weight excluding hydrogens is 106 g/mol. The molecule has 0 saturated heterocycles. The fourth-order valence-electron chi connectivity index (χ4n) is 0. The summed E-state index contributed by atoms with van der Waals surface area (Å²) in [6, 6.07) is 0. The van der Waals surface area contributed by atoms with Crippen molar-refractivity contribution in [2.75, 3.05) is 0 Å². The molecule has 0 aromatic rings. The van der Waals surface area contributed by atoms with Gasteiger partial charge in [-0.1, -0.05) is 0 Å². The van der Waals surface area contributed by atoms with Crippen LogP contribution in [0.1, 0.15) is 2.85 Å². The summed E-state index contributed by atoms with van der Waals surface area (Å²) in [5.74, 6) is 0. The summed E-state index contributed by atoms with van der Waals surface area (Å²) in [6.07, 6.45) is 0. The average molecular weight is 110 g/mol. The van der Waals surface area contributed by atoms with E-state index in [1.165, 1.54) is 0 Å². The first-order valence-electron chi connectivity index (χ1n) is 0.494. The van der Waals surface area contributed by atoms with Gasteiger partial charge in [-0.25, -0.2) is 0 Å². The van der Waals surface area contributed by atoms with Crippen LogP contribution in [-0.2, 0) is 4.79 Å². The van der Waals surface area contributed by atoms with Crippen LogP contribution in [0, 0.1) is 0 Å². The van der Waals surface area contributed by atoms with Crippen molar-refractivity contribution < 1.29 is 93.7 Å². The third kappa shape index (κ3) is 23.2. The molecule has 0 aliphatic carbocycles. The van der Waals surface area contributed by atoms with Crippen LogP contribution >= 0.6 is 0 Å². The Hall–Kier alpha value is 2.11. The number of rotatable bonds is 0. The molecule has 22 valence electrons. The van der Waals surface area contributed by atoms with Crippen molar-refractivity contribution in [3.63, 3.8) is 0 Å². The van der Waals surface area contributed by atoms with Crippen LogP contribution in [0.4, 0.5) is 0 Å². The average Bonchev–Trinajstić information content (AvgIpc) is 0.918. The monoisotopic (exact) mass is 110 g/mol. The first-order chi connectivity index (χ1) is 1.41. The SMILES string of the molecule is O=CO.[H-].[H-].[K+].[Na+]. The summed E-state index contributed by atoms with van der Waals surface area (Å²) in [5, 5.41) is 6.89. The molecule has 0 aromatic carbocycles. The summed E-state index contributed by atoms with van der Waals surface area (Å²) in [7, 11) is 0. The Labute approximate surface area is 98.0 Å². The molecule has 0 aliphatic rings. The van der Waals surface area contributed by atoms with Crippen LogP contribution in [0.3, 0.4) is 0 Å². The van der Waals surface area contributed by atoms with Gasteiger partial charge in [0.1, 0.15) is 0 Å². The van der Waals surface area contributed by atoms with Crippen LogP contribution in [0.5, 0.6) is 0 Å². The molecule has 0 aromatic heterocycles. The molecule has 0 aliphatic heterocycles. The zero-order valence-electron chi connectivity index (χ0n) is 5.43. The van der Waals surface area contributed by atoms with Gasteiger partial charge < -0.3 is 7.96 Å². The molecule has 0 bridgehead atoms. The van der Waals surface area contributed by atoms with Crippen molar-refractivity contribution >= 4 is 6.47 Å². The third-order valence-corrected chi connectivity index (χ3v) is 0. The molecule has 5 heavy (non-hydrogen) atoms. The number of carbonyl (C=O) groups is 1. The zero-order valence-corrected chi connectivity index (χ0v) is 8.56. The van der Waals surface area contributed by atoms with E-state index < -0.39 is 0 Å². The molecule has 0 saturated carbocycles. The van der Waals surface area contributed by atoms with Gasteiger partial charge in [0.2, 0.25) is 0 Å². The molecule has 0 amide bonds. The first-order valence-corrected chi connectivity index (χ1v) is 0.494. The van der Waals surface area contributed by atoms with Crippen molar-refractivity contribution in [1.29, 1.82) is 0 Å². The number of carboxylic acid groups (broad SMARTS) is 1. The quantitative estimate of drug-likeness (QED) is 0.249. The van der Waals surface area contributed by atoms with Crippen LogP contribution in [0.2, 0.25) is 0 Å². The van der Waals surface area contributed by atoms with Crippen LogP contribution < -0.4 is 80.9 Å². The molecule has 0 unspecified atom stereocenters. The molecule has 0 atom stereocenters. The summed E-state index contributed by atoms with van der Waals surface area (Å²) in [5.41, 5.74) is 0. The second-order valence-electron chi connectivity index (χ2n) is 0.105.